The third-order valence-electron chi connectivity index (χ3n) is 6.52. The molecule has 0 atom stereocenters. The Morgan fingerprint density at radius 2 is 1.66 bits per heavy atom. The molecule has 1 N–H and O–H groups in total. The number of amides is 1. The van der Waals surface area contributed by atoms with E-state index in [1.807, 2.05) is 0 Å². The summed E-state index contributed by atoms with van der Waals surface area (Å²) in [5.41, 5.74) is 0.535. The number of sulfonamides is 1. The normalized spacial score (nSPS) is 15.8. The van der Waals surface area contributed by atoms with Gasteiger partial charge in [-0.25, -0.2) is 12.7 Å². The molecule has 200 valence electrons. The Labute approximate surface area is 217 Å². The largest absolute Gasteiger partial charge is 0.573 e. The first-order valence-electron chi connectivity index (χ1n) is 11.5. The van der Waals surface area contributed by atoms with Gasteiger partial charge in [-0.15, -0.1) is 13.2 Å². The van der Waals surface area contributed by atoms with E-state index in [1.165, 1.54) is 50.5 Å². The van der Waals surface area contributed by atoms with E-state index >= 15 is 0 Å². The van der Waals surface area contributed by atoms with E-state index in [4.69, 9.17) is 9.47 Å². The molecule has 8 nitrogen and oxygen atoms in total. The zero-order chi connectivity index (χ0) is 27.3. The predicted octanol–water partition coefficient (Wildman–Crippen LogP) is 4.90. The summed E-state index contributed by atoms with van der Waals surface area (Å²) in [7, 11) is -0.978. The van der Waals surface area contributed by atoms with Crippen LogP contribution in [0.25, 0.3) is 11.1 Å². The van der Waals surface area contributed by atoms with Crippen molar-refractivity contribution in [1.29, 1.82) is 0 Å². The van der Waals surface area contributed by atoms with Crippen molar-refractivity contribution < 1.29 is 40.6 Å². The fourth-order valence-electron chi connectivity index (χ4n) is 4.28. The van der Waals surface area contributed by atoms with Gasteiger partial charge < -0.3 is 19.5 Å². The molecule has 1 amide bonds. The topological polar surface area (TPSA) is 94.2 Å². The molecule has 1 fully saturated rings. The van der Waals surface area contributed by atoms with Crippen LogP contribution in [0, 0.1) is 0 Å². The lowest BCUT2D eigenvalue weighted by Crippen LogP contribution is -2.27. The molecule has 5 rings (SSSR count). The van der Waals surface area contributed by atoms with Crippen molar-refractivity contribution in [3.8, 4) is 28.4 Å². The number of hydrogen-bond donors (Lipinski definition) is 1. The lowest BCUT2D eigenvalue weighted by atomic mass is 9.94. The van der Waals surface area contributed by atoms with E-state index < -0.39 is 27.6 Å². The van der Waals surface area contributed by atoms with Gasteiger partial charge in [0.2, 0.25) is 22.7 Å². The highest BCUT2D eigenvalue weighted by atomic mass is 32.2. The van der Waals surface area contributed by atoms with Crippen molar-refractivity contribution in [2.75, 3.05) is 26.2 Å². The Balaban J connectivity index is 1.45. The molecule has 38 heavy (non-hydrogen) atoms. The summed E-state index contributed by atoms with van der Waals surface area (Å²) in [6, 6.07) is 14.5. The number of halogens is 3. The minimum Gasteiger partial charge on any atom is -0.454 e. The number of anilines is 1. The van der Waals surface area contributed by atoms with Gasteiger partial charge in [-0.1, -0.05) is 18.2 Å². The maximum atomic E-state index is 13.3. The van der Waals surface area contributed by atoms with E-state index in [-0.39, 0.29) is 34.4 Å². The van der Waals surface area contributed by atoms with Crippen LogP contribution < -0.4 is 19.5 Å². The molecule has 0 saturated heterocycles. The summed E-state index contributed by atoms with van der Waals surface area (Å²) in [6.07, 6.45) is -3.75. The zero-order valence-electron chi connectivity index (χ0n) is 20.3. The molecule has 0 bridgehead atoms. The first-order valence-corrected chi connectivity index (χ1v) is 13.0. The molecule has 0 aromatic heterocycles. The third-order valence-corrected chi connectivity index (χ3v) is 8.35. The van der Waals surface area contributed by atoms with Crippen LogP contribution in [0.4, 0.5) is 18.9 Å². The van der Waals surface area contributed by atoms with E-state index in [2.05, 4.69) is 10.1 Å². The molecule has 1 saturated carbocycles. The van der Waals surface area contributed by atoms with Gasteiger partial charge in [-0.2, -0.15) is 0 Å². The number of nitrogens with one attached hydrogen (secondary N) is 1. The molecule has 0 radical (unpaired) electrons. The van der Waals surface area contributed by atoms with Gasteiger partial charge in [-0.3, -0.25) is 4.79 Å². The van der Waals surface area contributed by atoms with Gasteiger partial charge in [0.1, 0.15) is 5.75 Å². The Morgan fingerprint density at radius 1 is 0.974 bits per heavy atom. The molecular weight excluding hydrogens is 525 g/mol. The molecule has 3 aromatic rings. The molecular formula is C26H23F3N2O6S. The van der Waals surface area contributed by atoms with Gasteiger partial charge >= 0.3 is 6.36 Å². The molecule has 3 aromatic carbocycles. The maximum absolute atomic E-state index is 13.3. The Morgan fingerprint density at radius 3 is 2.29 bits per heavy atom. The number of carbonyl (C=O) groups excluding carboxylic acids is 1. The Kier molecular flexibility index (Phi) is 6.27. The quantitative estimate of drug-likeness (QED) is 0.452. The molecule has 1 aliphatic carbocycles. The van der Waals surface area contributed by atoms with Crippen LogP contribution >= 0.6 is 0 Å². The van der Waals surface area contributed by atoms with Crippen molar-refractivity contribution in [1.82, 2.24) is 4.31 Å². The Hall–Kier alpha value is -3.77. The zero-order valence-corrected chi connectivity index (χ0v) is 21.2. The van der Waals surface area contributed by atoms with Crippen LogP contribution in [-0.2, 0) is 20.2 Å². The number of alkyl halides is 3. The van der Waals surface area contributed by atoms with E-state index in [0.717, 1.165) is 15.9 Å². The van der Waals surface area contributed by atoms with Crippen LogP contribution in [0.5, 0.6) is 17.2 Å². The smallest absolute Gasteiger partial charge is 0.454 e. The van der Waals surface area contributed by atoms with Gasteiger partial charge in [-0.05, 0) is 66.4 Å². The van der Waals surface area contributed by atoms with Gasteiger partial charge in [0.05, 0.1) is 10.3 Å². The van der Waals surface area contributed by atoms with E-state index in [1.54, 1.807) is 18.2 Å². The SMILES string of the molecule is CN(C)S(=O)(=O)c1ccc(-c2cc(NC(=O)C3(c4ccc5c(c4)OCO5)CC3)ccc2OC(F)(F)F)cc1. The van der Waals surface area contributed by atoms with Gasteiger partial charge in [0, 0.05) is 25.3 Å². The average molecular weight is 549 g/mol. The average Bonchev–Trinajstić information content (AvgIpc) is 3.55. The van der Waals surface area contributed by atoms with Crippen LogP contribution in [-0.4, -0.2) is 45.9 Å². The second kappa shape index (κ2) is 9.21. The monoisotopic (exact) mass is 548 g/mol. The van der Waals surface area contributed by atoms with Gasteiger partial charge in [0.15, 0.2) is 11.5 Å². The predicted molar refractivity (Wildman–Crippen MR) is 132 cm³/mol. The molecule has 12 heteroatoms. The Bertz CT molecular complexity index is 1500. The number of nitrogens with zero attached hydrogens (tertiary/aromatic N) is 1. The van der Waals surface area contributed by atoms with Crippen molar-refractivity contribution >= 4 is 21.6 Å². The summed E-state index contributed by atoms with van der Waals surface area (Å²) in [5.74, 6) is 0.353. The molecule has 2 aliphatic rings. The standard InChI is InChI=1S/C26H23F3N2O6S/c1-31(2)38(33,34)19-7-3-16(4-8-19)20-14-18(6-10-21(20)37-26(27,28)29)30-24(32)25(11-12-25)17-5-9-22-23(13-17)36-15-35-22/h3-10,13-14H,11-12,15H2,1-2H3,(H,30,32). The number of rotatable bonds is 7. The van der Waals surface area contributed by atoms with Crippen LogP contribution in [0.15, 0.2) is 65.6 Å². The third kappa shape index (κ3) is 4.88. The summed E-state index contributed by atoms with van der Waals surface area (Å²) in [4.78, 5) is 13.3. The fraction of sp³-hybridized carbons (Fsp3) is 0.269. The first-order chi connectivity index (χ1) is 17.9. The highest BCUT2D eigenvalue weighted by Crippen LogP contribution is 2.51. The summed E-state index contributed by atoms with van der Waals surface area (Å²) < 4.78 is 80.1. The lowest BCUT2D eigenvalue weighted by Gasteiger charge is -2.19. The molecule has 1 heterocycles. The first kappa shape index (κ1) is 25.9. The number of benzene rings is 3. The minimum absolute atomic E-state index is 0.0200. The van der Waals surface area contributed by atoms with Gasteiger partial charge in [0.25, 0.3) is 0 Å². The van der Waals surface area contributed by atoms with Crippen molar-refractivity contribution in [3.05, 3.63) is 66.2 Å². The fourth-order valence-corrected chi connectivity index (χ4v) is 5.18. The highest BCUT2D eigenvalue weighted by Gasteiger charge is 2.51. The minimum atomic E-state index is -4.95. The van der Waals surface area contributed by atoms with Crippen molar-refractivity contribution in [3.63, 3.8) is 0 Å². The number of hydrogen-bond acceptors (Lipinski definition) is 6. The highest BCUT2D eigenvalue weighted by molar-refractivity contribution is 7.89. The second-order valence-corrected chi connectivity index (χ2v) is 11.3. The summed E-state index contributed by atoms with van der Waals surface area (Å²) >= 11 is 0. The molecule has 0 spiro atoms. The second-order valence-electron chi connectivity index (χ2n) is 9.17. The van der Waals surface area contributed by atoms with Crippen LogP contribution in [0.2, 0.25) is 0 Å². The number of carbonyl (C=O) groups is 1. The lowest BCUT2D eigenvalue weighted by molar-refractivity contribution is -0.274. The molecule has 0 unspecified atom stereocenters. The van der Waals surface area contributed by atoms with E-state index in [9.17, 15) is 26.4 Å². The molecule has 1 aliphatic heterocycles. The van der Waals surface area contributed by atoms with Crippen LogP contribution in [0.3, 0.4) is 0 Å². The summed E-state index contributed by atoms with van der Waals surface area (Å²) in [6.45, 7) is 0.106. The van der Waals surface area contributed by atoms with Crippen molar-refractivity contribution in [2.24, 2.45) is 0 Å². The summed E-state index contributed by atoms with van der Waals surface area (Å²) in [5, 5.41) is 2.81. The maximum Gasteiger partial charge on any atom is 0.573 e. The van der Waals surface area contributed by atoms with E-state index in [0.29, 0.717) is 24.3 Å². The van der Waals surface area contributed by atoms with Crippen molar-refractivity contribution in [2.45, 2.75) is 29.5 Å². The number of fused-ring (bicyclic) bond motifs is 1. The number of ether oxygens (including phenoxy) is 3. The van der Waals surface area contributed by atoms with Crippen LogP contribution in [0.1, 0.15) is 18.4 Å².